The summed E-state index contributed by atoms with van der Waals surface area (Å²) >= 11 is 0. The summed E-state index contributed by atoms with van der Waals surface area (Å²) in [6.45, 7) is 0. The minimum absolute atomic E-state index is 0.00170. The van der Waals surface area contributed by atoms with Crippen LogP contribution in [0.4, 0.5) is 24.5 Å². The van der Waals surface area contributed by atoms with Gasteiger partial charge in [-0.2, -0.15) is 13.2 Å². The van der Waals surface area contributed by atoms with Gasteiger partial charge in [-0.3, -0.25) is 9.59 Å². The fraction of sp³-hybridized carbons (Fsp3) is 0.222. The molecule has 2 aromatic rings. The van der Waals surface area contributed by atoms with Crippen molar-refractivity contribution in [2.24, 2.45) is 0 Å². The summed E-state index contributed by atoms with van der Waals surface area (Å²) in [6, 6.07) is 11.2. The number of alkyl halides is 3. The second-order valence-corrected chi connectivity index (χ2v) is 5.80. The molecule has 3 rings (SSSR count). The minimum Gasteiger partial charge on any atom is -0.478 e. The number of carbonyl (C=O) groups excluding carboxylic acids is 2. The molecule has 0 bridgehead atoms. The first-order valence-corrected chi connectivity index (χ1v) is 7.76. The van der Waals surface area contributed by atoms with Crippen LogP contribution >= 0.6 is 0 Å². The van der Waals surface area contributed by atoms with Crippen molar-refractivity contribution >= 4 is 23.2 Å². The average Bonchev–Trinajstić information content (AvgIpc) is 2.59. The van der Waals surface area contributed by atoms with Crippen LogP contribution in [0.1, 0.15) is 12.0 Å². The number of hydrogen-bond acceptors (Lipinski definition) is 3. The number of likely N-dealkylation sites (N-methyl/N-ethyl adjacent to an activating group) is 1. The van der Waals surface area contributed by atoms with Gasteiger partial charge in [0, 0.05) is 12.7 Å². The molecule has 1 aliphatic heterocycles. The lowest BCUT2D eigenvalue weighted by Gasteiger charge is -2.31. The molecule has 26 heavy (non-hydrogen) atoms. The number of anilines is 2. The number of nitrogens with zero attached hydrogens (tertiary/aromatic N) is 1. The number of hydrogen-bond donors (Lipinski definition) is 1. The molecule has 8 heteroatoms. The van der Waals surface area contributed by atoms with Crippen LogP contribution in [0.5, 0.6) is 5.75 Å². The summed E-state index contributed by atoms with van der Waals surface area (Å²) < 4.78 is 43.8. The van der Waals surface area contributed by atoms with Crippen LogP contribution in [0.2, 0.25) is 0 Å². The summed E-state index contributed by atoms with van der Waals surface area (Å²) in [5.41, 5.74) is -0.275. The molecule has 1 heterocycles. The van der Waals surface area contributed by atoms with Gasteiger partial charge in [0.05, 0.1) is 17.7 Å². The van der Waals surface area contributed by atoms with Gasteiger partial charge in [0.15, 0.2) is 6.10 Å². The van der Waals surface area contributed by atoms with Crippen LogP contribution in [0, 0.1) is 0 Å². The van der Waals surface area contributed by atoms with Gasteiger partial charge in [0.2, 0.25) is 5.91 Å². The van der Waals surface area contributed by atoms with Crippen molar-refractivity contribution in [3.63, 3.8) is 0 Å². The van der Waals surface area contributed by atoms with Crippen molar-refractivity contribution in [3.8, 4) is 5.75 Å². The first-order valence-electron chi connectivity index (χ1n) is 7.76. The summed E-state index contributed by atoms with van der Waals surface area (Å²) in [6.07, 6.45) is -5.86. The number of amides is 2. The maximum absolute atomic E-state index is 12.7. The Bertz CT molecular complexity index is 852. The van der Waals surface area contributed by atoms with E-state index in [4.69, 9.17) is 4.74 Å². The predicted octanol–water partition coefficient (Wildman–Crippen LogP) is 3.46. The minimum atomic E-state index is -4.50. The maximum Gasteiger partial charge on any atom is 0.416 e. The van der Waals surface area contributed by atoms with Crippen molar-refractivity contribution in [2.75, 3.05) is 17.3 Å². The number of benzene rings is 2. The third-order valence-corrected chi connectivity index (χ3v) is 3.95. The molecule has 5 nitrogen and oxygen atoms in total. The highest BCUT2D eigenvalue weighted by Crippen LogP contribution is 2.34. The molecule has 0 aromatic heterocycles. The summed E-state index contributed by atoms with van der Waals surface area (Å²) in [5, 5.41) is 2.37. The molecule has 1 N–H and O–H groups in total. The van der Waals surface area contributed by atoms with Gasteiger partial charge in [-0.1, -0.05) is 18.2 Å². The zero-order chi connectivity index (χ0) is 18.9. The largest absolute Gasteiger partial charge is 0.478 e. The summed E-state index contributed by atoms with van der Waals surface area (Å²) in [4.78, 5) is 25.9. The van der Waals surface area contributed by atoms with E-state index in [1.165, 1.54) is 17.0 Å². The smallest absolute Gasteiger partial charge is 0.416 e. The van der Waals surface area contributed by atoms with Gasteiger partial charge < -0.3 is 15.0 Å². The lowest BCUT2D eigenvalue weighted by molar-refractivity contribution is -0.137. The van der Waals surface area contributed by atoms with Crippen molar-refractivity contribution in [1.29, 1.82) is 0 Å². The molecule has 136 valence electrons. The Labute approximate surface area is 147 Å². The van der Waals surface area contributed by atoms with Gasteiger partial charge in [0.25, 0.3) is 5.91 Å². The predicted molar refractivity (Wildman–Crippen MR) is 89.0 cm³/mol. The van der Waals surface area contributed by atoms with Crippen LogP contribution < -0.4 is 15.0 Å². The quantitative estimate of drug-likeness (QED) is 0.908. The second kappa shape index (κ2) is 6.70. The van der Waals surface area contributed by atoms with Crippen molar-refractivity contribution in [3.05, 3.63) is 54.1 Å². The van der Waals surface area contributed by atoms with Crippen molar-refractivity contribution in [2.45, 2.75) is 18.7 Å². The molecule has 0 spiro atoms. The molecule has 1 aliphatic rings. The fourth-order valence-electron chi connectivity index (χ4n) is 2.65. The van der Waals surface area contributed by atoms with E-state index in [1.807, 2.05) is 0 Å². The molecule has 1 unspecified atom stereocenters. The number of fused-ring (bicyclic) bond motifs is 1. The zero-order valence-corrected chi connectivity index (χ0v) is 13.7. The monoisotopic (exact) mass is 364 g/mol. The lowest BCUT2D eigenvalue weighted by atomic mass is 10.1. The molecule has 2 aromatic carbocycles. The molecule has 0 radical (unpaired) electrons. The van der Waals surface area contributed by atoms with Crippen LogP contribution in [0.3, 0.4) is 0 Å². The van der Waals surface area contributed by atoms with E-state index < -0.39 is 29.7 Å². The lowest BCUT2D eigenvalue weighted by Crippen LogP contribution is -2.45. The molecular weight excluding hydrogens is 349 g/mol. The Morgan fingerprint density at radius 2 is 1.92 bits per heavy atom. The zero-order valence-electron chi connectivity index (χ0n) is 13.7. The number of carbonyl (C=O) groups is 2. The molecule has 1 atom stereocenters. The summed E-state index contributed by atoms with van der Waals surface area (Å²) in [5.74, 6) is -0.551. The van der Waals surface area contributed by atoms with Gasteiger partial charge in [-0.15, -0.1) is 0 Å². The second-order valence-electron chi connectivity index (χ2n) is 5.80. The molecule has 0 saturated carbocycles. The van der Waals surface area contributed by atoms with E-state index in [9.17, 15) is 22.8 Å². The number of halogens is 3. The van der Waals surface area contributed by atoms with Crippen LogP contribution in [-0.2, 0) is 15.8 Å². The SMILES string of the molecule is CN1C(=O)C(CC(=O)Nc2cccc(C(F)(F)F)c2)Oc2ccccc21. The van der Waals surface area contributed by atoms with Gasteiger partial charge in [0.1, 0.15) is 5.75 Å². The van der Waals surface area contributed by atoms with Crippen LogP contribution in [0.25, 0.3) is 0 Å². The number of rotatable bonds is 3. The molecule has 2 amide bonds. The van der Waals surface area contributed by atoms with E-state index in [-0.39, 0.29) is 12.1 Å². The Balaban J connectivity index is 1.70. The first-order chi connectivity index (χ1) is 12.3. The number of para-hydroxylation sites is 2. The highest BCUT2D eigenvalue weighted by atomic mass is 19.4. The van der Waals surface area contributed by atoms with E-state index in [1.54, 1.807) is 31.3 Å². The van der Waals surface area contributed by atoms with E-state index in [0.717, 1.165) is 12.1 Å². The third kappa shape index (κ3) is 3.63. The van der Waals surface area contributed by atoms with Crippen LogP contribution in [0.15, 0.2) is 48.5 Å². The summed E-state index contributed by atoms with van der Waals surface area (Å²) in [7, 11) is 1.57. The highest BCUT2D eigenvalue weighted by Gasteiger charge is 2.34. The maximum atomic E-state index is 12.7. The van der Waals surface area contributed by atoms with E-state index in [0.29, 0.717) is 11.4 Å². The standard InChI is InChI=1S/C18H15F3N2O3/c1-23-13-7-2-3-8-14(13)26-15(17(23)25)10-16(24)22-12-6-4-5-11(9-12)18(19,20)21/h2-9,15H,10H2,1H3,(H,22,24). The Morgan fingerprint density at radius 3 is 2.65 bits per heavy atom. The van der Waals surface area contributed by atoms with E-state index in [2.05, 4.69) is 5.32 Å². The van der Waals surface area contributed by atoms with Crippen molar-refractivity contribution < 1.29 is 27.5 Å². The Kier molecular flexibility index (Phi) is 4.58. The molecular formula is C18H15F3N2O3. The third-order valence-electron chi connectivity index (χ3n) is 3.95. The molecule has 0 fully saturated rings. The molecule has 0 saturated heterocycles. The van der Waals surface area contributed by atoms with Gasteiger partial charge in [-0.05, 0) is 30.3 Å². The number of ether oxygens (including phenoxy) is 1. The topological polar surface area (TPSA) is 58.6 Å². The van der Waals surface area contributed by atoms with Gasteiger partial charge >= 0.3 is 6.18 Å². The fourth-order valence-corrected chi connectivity index (χ4v) is 2.65. The Morgan fingerprint density at radius 1 is 1.19 bits per heavy atom. The number of nitrogens with one attached hydrogen (secondary N) is 1. The average molecular weight is 364 g/mol. The Hall–Kier alpha value is -3.03. The van der Waals surface area contributed by atoms with E-state index >= 15 is 0 Å². The van der Waals surface area contributed by atoms with Crippen molar-refractivity contribution in [1.82, 2.24) is 0 Å². The molecule has 0 aliphatic carbocycles. The highest BCUT2D eigenvalue weighted by molar-refractivity contribution is 6.03. The van der Waals surface area contributed by atoms with Crippen LogP contribution in [-0.4, -0.2) is 25.0 Å². The first kappa shape index (κ1) is 17.8. The normalized spacial score (nSPS) is 16.7. The van der Waals surface area contributed by atoms with Gasteiger partial charge in [-0.25, -0.2) is 0 Å².